The van der Waals surface area contributed by atoms with Gasteiger partial charge in [-0.2, -0.15) is 0 Å². The molecule has 2 rings (SSSR count). The molecule has 0 aliphatic rings. The predicted molar refractivity (Wildman–Crippen MR) is 102 cm³/mol. The first-order valence-corrected chi connectivity index (χ1v) is 9.95. The number of ether oxygens (including phenoxy) is 2. The molecule has 12 heteroatoms. The van der Waals surface area contributed by atoms with Gasteiger partial charge in [-0.15, -0.1) is 20.4 Å². The molecule has 2 aromatic heterocycles. The average molecular weight is 415 g/mol. The Morgan fingerprint density at radius 3 is 1.96 bits per heavy atom. The van der Waals surface area contributed by atoms with Crippen molar-refractivity contribution in [2.45, 2.75) is 39.7 Å². The number of nitrogens with one attached hydrogen (secondary N) is 2. The van der Waals surface area contributed by atoms with E-state index < -0.39 is 0 Å². The van der Waals surface area contributed by atoms with Crippen LogP contribution in [0.1, 0.15) is 30.8 Å². The molecule has 0 fully saturated rings. The maximum absolute atomic E-state index is 11.0. The lowest BCUT2D eigenvalue weighted by molar-refractivity contribution is -0.115. The molecule has 148 valence electrons. The molecular formula is C15H22N6O4S2. The number of carbonyl (C=O) groups is 2. The first kappa shape index (κ1) is 21.3. The summed E-state index contributed by atoms with van der Waals surface area (Å²) in [7, 11) is 0. The van der Waals surface area contributed by atoms with Crippen LogP contribution in [0.3, 0.4) is 0 Å². The van der Waals surface area contributed by atoms with Gasteiger partial charge >= 0.3 is 0 Å². The molecule has 0 saturated heterocycles. The lowest BCUT2D eigenvalue weighted by Gasteiger charge is -2.12. The fourth-order valence-electron chi connectivity index (χ4n) is 1.92. The van der Waals surface area contributed by atoms with Crippen molar-refractivity contribution in [2.75, 3.05) is 30.5 Å². The van der Waals surface area contributed by atoms with E-state index in [9.17, 15) is 9.59 Å². The normalized spacial score (nSPS) is 12.0. The van der Waals surface area contributed by atoms with Crippen LogP contribution in [-0.2, 0) is 31.9 Å². The molecule has 0 spiro atoms. The molecule has 27 heavy (non-hydrogen) atoms. The molecule has 0 aliphatic carbocycles. The lowest BCUT2D eigenvalue weighted by Crippen LogP contribution is -2.18. The van der Waals surface area contributed by atoms with Gasteiger partial charge in [0.1, 0.15) is 10.0 Å². The van der Waals surface area contributed by atoms with Crippen LogP contribution < -0.4 is 10.6 Å². The van der Waals surface area contributed by atoms with Crippen molar-refractivity contribution >= 4 is 44.8 Å². The van der Waals surface area contributed by atoms with E-state index in [1.807, 2.05) is 6.92 Å². The second-order valence-corrected chi connectivity index (χ2v) is 7.74. The Kier molecular flexibility index (Phi) is 8.64. The van der Waals surface area contributed by atoms with Crippen molar-refractivity contribution in [1.82, 2.24) is 20.4 Å². The van der Waals surface area contributed by atoms with Gasteiger partial charge < -0.3 is 20.1 Å². The van der Waals surface area contributed by atoms with Crippen molar-refractivity contribution in [3.8, 4) is 0 Å². The fraction of sp³-hybridized carbons (Fsp3) is 0.600. The lowest BCUT2D eigenvalue weighted by atomic mass is 10.4. The van der Waals surface area contributed by atoms with Crippen molar-refractivity contribution < 1.29 is 19.1 Å². The summed E-state index contributed by atoms with van der Waals surface area (Å²) in [5, 5.41) is 23.5. The topological polar surface area (TPSA) is 128 Å². The third-order valence-corrected chi connectivity index (χ3v) is 4.83. The van der Waals surface area contributed by atoms with Crippen LogP contribution in [0.5, 0.6) is 0 Å². The monoisotopic (exact) mass is 414 g/mol. The van der Waals surface area contributed by atoms with Crippen molar-refractivity contribution in [2.24, 2.45) is 0 Å². The SMILES string of the molecule is CC(=O)Nc1nnc(CCOCC(C)OCCc2nnc(NC(C)=O)s2)s1. The second-order valence-electron chi connectivity index (χ2n) is 5.62. The van der Waals surface area contributed by atoms with Crippen LogP contribution in [0.15, 0.2) is 0 Å². The number of hydrogen-bond donors (Lipinski definition) is 2. The zero-order valence-corrected chi connectivity index (χ0v) is 17.0. The van der Waals surface area contributed by atoms with E-state index in [0.29, 0.717) is 42.9 Å². The van der Waals surface area contributed by atoms with Gasteiger partial charge in [-0.1, -0.05) is 22.7 Å². The van der Waals surface area contributed by atoms with Crippen LogP contribution in [0.4, 0.5) is 10.3 Å². The summed E-state index contributed by atoms with van der Waals surface area (Å²) in [6.45, 7) is 6.25. The maximum Gasteiger partial charge on any atom is 0.223 e. The highest BCUT2D eigenvalue weighted by Crippen LogP contribution is 2.16. The van der Waals surface area contributed by atoms with E-state index in [1.165, 1.54) is 36.5 Å². The summed E-state index contributed by atoms with van der Waals surface area (Å²) in [5.41, 5.74) is 0. The molecule has 0 aliphatic heterocycles. The van der Waals surface area contributed by atoms with Gasteiger partial charge in [0.05, 0.1) is 25.9 Å². The summed E-state index contributed by atoms with van der Waals surface area (Å²) in [4.78, 5) is 21.9. The first-order chi connectivity index (χ1) is 12.9. The van der Waals surface area contributed by atoms with Gasteiger partial charge in [0.25, 0.3) is 0 Å². The maximum atomic E-state index is 11.0. The summed E-state index contributed by atoms with van der Waals surface area (Å²) in [6.07, 6.45) is 1.19. The van der Waals surface area contributed by atoms with Gasteiger partial charge in [0.2, 0.25) is 22.1 Å². The first-order valence-electron chi connectivity index (χ1n) is 8.31. The highest BCUT2D eigenvalue weighted by atomic mass is 32.1. The molecule has 2 N–H and O–H groups in total. The molecule has 0 saturated carbocycles. The van der Waals surface area contributed by atoms with Crippen molar-refractivity contribution in [3.05, 3.63) is 10.0 Å². The predicted octanol–water partition coefficient (Wildman–Crippen LogP) is 1.51. The van der Waals surface area contributed by atoms with E-state index >= 15 is 0 Å². The zero-order chi connectivity index (χ0) is 19.6. The third-order valence-electron chi connectivity index (χ3n) is 3.03. The highest BCUT2D eigenvalue weighted by Gasteiger charge is 2.09. The van der Waals surface area contributed by atoms with Gasteiger partial charge in [0.15, 0.2) is 0 Å². The van der Waals surface area contributed by atoms with Crippen LogP contribution in [0.25, 0.3) is 0 Å². The quantitative estimate of drug-likeness (QED) is 0.530. The summed E-state index contributed by atoms with van der Waals surface area (Å²) in [6, 6.07) is 0. The van der Waals surface area contributed by atoms with Crippen LogP contribution in [-0.4, -0.2) is 58.1 Å². The molecule has 2 amide bonds. The van der Waals surface area contributed by atoms with E-state index in [1.54, 1.807) is 0 Å². The van der Waals surface area contributed by atoms with E-state index in [0.717, 1.165) is 10.0 Å². The van der Waals surface area contributed by atoms with Crippen LogP contribution in [0.2, 0.25) is 0 Å². The second kappa shape index (κ2) is 11.0. The molecule has 0 aromatic carbocycles. The van der Waals surface area contributed by atoms with E-state index in [4.69, 9.17) is 9.47 Å². The summed E-state index contributed by atoms with van der Waals surface area (Å²) in [5.74, 6) is -0.334. The Bertz CT molecular complexity index is 750. The Balaban J connectivity index is 1.56. The van der Waals surface area contributed by atoms with Gasteiger partial charge in [-0.3, -0.25) is 9.59 Å². The summed E-state index contributed by atoms with van der Waals surface area (Å²) >= 11 is 2.67. The average Bonchev–Trinajstić information content (AvgIpc) is 3.20. The largest absolute Gasteiger partial charge is 0.378 e. The van der Waals surface area contributed by atoms with Crippen molar-refractivity contribution in [1.29, 1.82) is 0 Å². The fourth-order valence-corrected chi connectivity index (χ4v) is 3.45. The number of carbonyl (C=O) groups excluding carboxylic acids is 2. The molecule has 1 unspecified atom stereocenters. The minimum Gasteiger partial charge on any atom is -0.378 e. The number of amides is 2. The molecule has 0 bridgehead atoms. The van der Waals surface area contributed by atoms with Gasteiger partial charge in [0, 0.05) is 26.7 Å². The number of hydrogen-bond acceptors (Lipinski definition) is 10. The third kappa shape index (κ3) is 8.47. The highest BCUT2D eigenvalue weighted by molar-refractivity contribution is 7.15. The Hall–Kier alpha value is -2.02. The zero-order valence-electron chi connectivity index (χ0n) is 15.4. The minimum atomic E-state index is -0.167. The van der Waals surface area contributed by atoms with Gasteiger partial charge in [-0.05, 0) is 6.92 Å². The Morgan fingerprint density at radius 2 is 1.44 bits per heavy atom. The van der Waals surface area contributed by atoms with Crippen LogP contribution in [0, 0.1) is 0 Å². The molecule has 1 atom stereocenters. The Morgan fingerprint density at radius 1 is 0.926 bits per heavy atom. The standard InChI is InChI=1S/C15H22N6O4S2/c1-9(25-7-5-13-19-21-15(27-13)17-11(3)23)8-24-6-4-12-18-20-14(26-12)16-10(2)22/h9H,4-8H2,1-3H3,(H,16,20,22)(H,17,21,23). The van der Waals surface area contributed by atoms with Gasteiger partial charge in [-0.25, -0.2) is 0 Å². The molecule has 0 radical (unpaired) electrons. The number of anilines is 2. The minimum absolute atomic E-state index is 0.0582. The van der Waals surface area contributed by atoms with E-state index in [2.05, 4.69) is 31.0 Å². The van der Waals surface area contributed by atoms with E-state index in [-0.39, 0.29) is 17.9 Å². The number of rotatable bonds is 11. The summed E-state index contributed by atoms with van der Waals surface area (Å²) < 4.78 is 11.3. The van der Waals surface area contributed by atoms with Crippen molar-refractivity contribution in [3.63, 3.8) is 0 Å². The van der Waals surface area contributed by atoms with Crippen LogP contribution >= 0.6 is 22.7 Å². The number of aromatic nitrogens is 4. The smallest absolute Gasteiger partial charge is 0.223 e. The molecule has 2 heterocycles. The number of nitrogens with zero attached hydrogens (tertiary/aromatic N) is 4. The molecular weight excluding hydrogens is 392 g/mol. The molecule has 10 nitrogen and oxygen atoms in total. The molecule has 2 aromatic rings. The Labute approximate surface area is 164 Å².